The number of carbonyl (C=O) groups is 1. The number of benzene rings is 1. The Kier molecular flexibility index (Phi) is 7.11. The summed E-state index contributed by atoms with van der Waals surface area (Å²) in [6.07, 6.45) is 1.70. The highest BCUT2D eigenvalue weighted by molar-refractivity contribution is 5.78. The second kappa shape index (κ2) is 8.86. The number of hydrogen-bond donors (Lipinski definition) is 2. The number of rotatable bonds is 9. The number of ether oxygens (including phenoxy) is 3. The van der Waals surface area contributed by atoms with E-state index in [4.69, 9.17) is 14.2 Å². The Morgan fingerprint density at radius 3 is 2.29 bits per heavy atom. The van der Waals surface area contributed by atoms with Crippen LogP contribution in [0.5, 0.6) is 17.2 Å². The predicted octanol–water partition coefficient (Wildman–Crippen LogP) is 1.10. The summed E-state index contributed by atoms with van der Waals surface area (Å²) in [5.74, 6) is 1.56. The summed E-state index contributed by atoms with van der Waals surface area (Å²) in [5.41, 5.74) is 0.863. The third-order valence-corrected chi connectivity index (χ3v) is 2.79. The standard InChI is InChI=1S/C15H22N2O4/c1-5-6-16-10-14(18)17-9-11-7-12(19-2)15(21-4)13(8-11)20-3/h5,7-8,16H,1,6,9-10H2,2-4H3,(H,17,18). The van der Waals surface area contributed by atoms with Crippen molar-refractivity contribution in [3.63, 3.8) is 0 Å². The number of hydrogen-bond acceptors (Lipinski definition) is 5. The Bertz CT molecular complexity index is 464. The molecule has 0 aromatic heterocycles. The minimum absolute atomic E-state index is 0.0920. The lowest BCUT2D eigenvalue weighted by Gasteiger charge is -2.14. The molecule has 2 N–H and O–H groups in total. The molecule has 0 aliphatic heterocycles. The Morgan fingerprint density at radius 2 is 1.81 bits per heavy atom. The maximum Gasteiger partial charge on any atom is 0.234 e. The summed E-state index contributed by atoms with van der Waals surface area (Å²) in [6.45, 7) is 4.79. The van der Waals surface area contributed by atoms with Crippen LogP contribution in [0.15, 0.2) is 24.8 Å². The van der Waals surface area contributed by atoms with Crippen LogP contribution in [0.3, 0.4) is 0 Å². The molecule has 6 heteroatoms. The normalized spacial score (nSPS) is 9.86. The molecule has 0 radical (unpaired) electrons. The molecule has 1 aromatic rings. The molecule has 6 nitrogen and oxygen atoms in total. The van der Waals surface area contributed by atoms with E-state index in [1.807, 2.05) is 0 Å². The van der Waals surface area contributed by atoms with Crippen molar-refractivity contribution in [1.29, 1.82) is 0 Å². The van der Waals surface area contributed by atoms with Crippen LogP contribution in [0.25, 0.3) is 0 Å². The Hall–Kier alpha value is -2.21. The van der Waals surface area contributed by atoms with Gasteiger partial charge in [-0.2, -0.15) is 0 Å². The monoisotopic (exact) mass is 294 g/mol. The zero-order valence-electron chi connectivity index (χ0n) is 12.7. The quantitative estimate of drug-likeness (QED) is 0.527. The molecule has 0 fully saturated rings. The van der Waals surface area contributed by atoms with Crippen LogP contribution in [0.4, 0.5) is 0 Å². The van der Waals surface area contributed by atoms with E-state index in [0.717, 1.165) is 5.56 Å². The molecular formula is C15H22N2O4. The highest BCUT2D eigenvalue weighted by Crippen LogP contribution is 2.38. The molecule has 1 aromatic carbocycles. The molecule has 1 rings (SSSR count). The SMILES string of the molecule is C=CCNCC(=O)NCc1cc(OC)c(OC)c(OC)c1. The zero-order chi connectivity index (χ0) is 15.7. The second-order valence-corrected chi connectivity index (χ2v) is 4.23. The molecule has 0 atom stereocenters. The molecule has 0 bridgehead atoms. The van der Waals surface area contributed by atoms with E-state index in [0.29, 0.717) is 30.3 Å². The van der Waals surface area contributed by atoms with Crippen LogP contribution < -0.4 is 24.8 Å². The van der Waals surface area contributed by atoms with Crippen molar-refractivity contribution in [2.75, 3.05) is 34.4 Å². The summed E-state index contributed by atoms with van der Waals surface area (Å²) in [7, 11) is 4.66. The lowest BCUT2D eigenvalue weighted by atomic mass is 10.1. The van der Waals surface area contributed by atoms with Crippen LogP contribution in [0.1, 0.15) is 5.56 Å². The first-order chi connectivity index (χ1) is 10.2. The Morgan fingerprint density at radius 1 is 1.19 bits per heavy atom. The molecule has 0 aliphatic carbocycles. The number of nitrogens with one attached hydrogen (secondary N) is 2. The lowest BCUT2D eigenvalue weighted by Crippen LogP contribution is -2.33. The minimum atomic E-state index is -0.0920. The molecule has 0 spiro atoms. The van der Waals surface area contributed by atoms with Crippen molar-refractivity contribution in [2.45, 2.75) is 6.54 Å². The average molecular weight is 294 g/mol. The fraction of sp³-hybridized carbons (Fsp3) is 0.400. The van der Waals surface area contributed by atoms with Gasteiger partial charge in [0.15, 0.2) is 11.5 Å². The Balaban J connectivity index is 2.71. The van der Waals surface area contributed by atoms with E-state index >= 15 is 0 Å². The zero-order valence-corrected chi connectivity index (χ0v) is 12.7. The summed E-state index contributed by atoms with van der Waals surface area (Å²) in [4.78, 5) is 11.6. The van der Waals surface area contributed by atoms with Crippen LogP contribution in [-0.4, -0.2) is 40.3 Å². The highest BCUT2D eigenvalue weighted by atomic mass is 16.5. The number of methoxy groups -OCH3 is 3. The van der Waals surface area contributed by atoms with E-state index in [2.05, 4.69) is 17.2 Å². The molecule has 0 aliphatic rings. The maximum atomic E-state index is 11.6. The van der Waals surface area contributed by atoms with Gasteiger partial charge in [0, 0.05) is 13.1 Å². The first-order valence-corrected chi connectivity index (χ1v) is 6.53. The van der Waals surface area contributed by atoms with Crippen LogP contribution >= 0.6 is 0 Å². The van der Waals surface area contributed by atoms with Gasteiger partial charge in [-0.15, -0.1) is 6.58 Å². The van der Waals surface area contributed by atoms with Gasteiger partial charge in [-0.3, -0.25) is 4.79 Å². The van der Waals surface area contributed by atoms with Gasteiger partial charge in [-0.05, 0) is 17.7 Å². The van der Waals surface area contributed by atoms with Crippen molar-refractivity contribution in [3.8, 4) is 17.2 Å². The lowest BCUT2D eigenvalue weighted by molar-refractivity contribution is -0.120. The Labute approximate surface area is 125 Å². The van der Waals surface area contributed by atoms with Gasteiger partial charge >= 0.3 is 0 Å². The summed E-state index contributed by atoms with van der Waals surface area (Å²) in [5, 5.41) is 5.75. The highest BCUT2D eigenvalue weighted by Gasteiger charge is 2.13. The van der Waals surface area contributed by atoms with Gasteiger partial charge in [0.1, 0.15) is 0 Å². The molecular weight excluding hydrogens is 272 g/mol. The smallest absolute Gasteiger partial charge is 0.234 e. The van der Waals surface area contributed by atoms with E-state index in [1.165, 1.54) is 0 Å². The van der Waals surface area contributed by atoms with Gasteiger partial charge in [-0.25, -0.2) is 0 Å². The van der Waals surface area contributed by atoms with E-state index in [1.54, 1.807) is 39.5 Å². The molecule has 0 saturated carbocycles. The topological polar surface area (TPSA) is 68.8 Å². The minimum Gasteiger partial charge on any atom is -0.493 e. The molecule has 21 heavy (non-hydrogen) atoms. The van der Waals surface area contributed by atoms with Crippen molar-refractivity contribution in [2.24, 2.45) is 0 Å². The fourth-order valence-corrected chi connectivity index (χ4v) is 1.79. The van der Waals surface area contributed by atoms with Crippen LogP contribution in [0.2, 0.25) is 0 Å². The molecule has 0 heterocycles. The number of amides is 1. The first kappa shape index (κ1) is 16.8. The van der Waals surface area contributed by atoms with Crippen molar-refractivity contribution in [3.05, 3.63) is 30.4 Å². The van der Waals surface area contributed by atoms with Crippen LogP contribution in [0, 0.1) is 0 Å². The van der Waals surface area contributed by atoms with Crippen molar-refractivity contribution < 1.29 is 19.0 Å². The van der Waals surface area contributed by atoms with Gasteiger partial charge in [-0.1, -0.05) is 6.08 Å². The third kappa shape index (κ3) is 5.00. The molecule has 116 valence electrons. The van der Waals surface area contributed by atoms with E-state index in [-0.39, 0.29) is 12.5 Å². The average Bonchev–Trinajstić information content (AvgIpc) is 2.51. The number of carbonyl (C=O) groups excluding carboxylic acids is 1. The van der Waals surface area contributed by atoms with E-state index in [9.17, 15) is 4.79 Å². The summed E-state index contributed by atoms with van der Waals surface area (Å²) in [6, 6.07) is 3.61. The third-order valence-electron chi connectivity index (χ3n) is 2.79. The van der Waals surface area contributed by atoms with Gasteiger partial charge in [0.2, 0.25) is 11.7 Å². The summed E-state index contributed by atoms with van der Waals surface area (Å²) < 4.78 is 15.8. The van der Waals surface area contributed by atoms with E-state index < -0.39 is 0 Å². The fourth-order valence-electron chi connectivity index (χ4n) is 1.79. The largest absolute Gasteiger partial charge is 0.493 e. The molecule has 0 unspecified atom stereocenters. The predicted molar refractivity (Wildman–Crippen MR) is 81.0 cm³/mol. The van der Waals surface area contributed by atoms with Gasteiger partial charge in [0.05, 0.1) is 27.9 Å². The van der Waals surface area contributed by atoms with Crippen molar-refractivity contribution >= 4 is 5.91 Å². The second-order valence-electron chi connectivity index (χ2n) is 4.23. The van der Waals surface area contributed by atoms with Crippen LogP contribution in [-0.2, 0) is 11.3 Å². The van der Waals surface area contributed by atoms with Gasteiger partial charge in [0.25, 0.3) is 0 Å². The maximum absolute atomic E-state index is 11.6. The summed E-state index contributed by atoms with van der Waals surface area (Å²) >= 11 is 0. The van der Waals surface area contributed by atoms with Crippen molar-refractivity contribution in [1.82, 2.24) is 10.6 Å². The molecule has 1 amide bonds. The molecule has 0 saturated heterocycles. The van der Waals surface area contributed by atoms with Gasteiger partial charge < -0.3 is 24.8 Å². The first-order valence-electron chi connectivity index (χ1n) is 6.53.